The number of pyridine rings is 1. The van der Waals surface area contributed by atoms with Crippen molar-refractivity contribution >= 4 is 38.2 Å². The van der Waals surface area contributed by atoms with Gasteiger partial charge in [-0.3, -0.25) is 9.59 Å². The topological polar surface area (TPSA) is 69.6 Å². The van der Waals surface area contributed by atoms with Crippen LogP contribution in [0.1, 0.15) is 49.7 Å². The van der Waals surface area contributed by atoms with Gasteiger partial charge in [-0.2, -0.15) is 0 Å². The van der Waals surface area contributed by atoms with Crippen molar-refractivity contribution in [1.29, 1.82) is 0 Å². The smallest absolute Gasteiger partial charge is 0.265 e. The number of rotatable bonds is 10. The fourth-order valence-corrected chi connectivity index (χ4v) is 4.71. The monoisotopic (exact) mass is 430 g/mol. The highest BCUT2D eigenvalue weighted by molar-refractivity contribution is 7.22. The van der Waals surface area contributed by atoms with Gasteiger partial charge in [-0.15, -0.1) is 11.3 Å². The Hall–Kier alpha value is -2.38. The lowest BCUT2D eigenvalue weighted by Crippen LogP contribution is -2.25. The largest absolute Gasteiger partial charge is 0.494 e. The molecular formula is C23H30N2O4S. The number of unbranched alkanes of at least 4 members (excludes halogenated alkanes) is 1. The fourth-order valence-electron chi connectivity index (χ4n) is 3.50. The Morgan fingerprint density at radius 1 is 1.23 bits per heavy atom. The van der Waals surface area contributed by atoms with E-state index in [-0.39, 0.29) is 17.6 Å². The van der Waals surface area contributed by atoms with Gasteiger partial charge in [-0.25, -0.2) is 0 Å². The highest BCUT2D eigenvalue weighted by atomic mass is 32.1. The highest BCUT2D eigenvalue weighted by Gasteiger charge is 2.24. The van der Waals surface area contributed by atoms with Gasteiger partial charge in [0.15, 0.2) is 5.75 Å². The first-order valence-electron chi connectivity index (χ1n) is 10.5. The Morgan fingerprint density at radius 2 is 2.00 bits per heavy atom. The van der Waals surface area contributed by atoms with Crippen molar-refractivity contribution in [3.63, 3.8) is 0 Å². The Morgan fingerprint density at radius 3 is 2.70 bits per heavy atom. The summed E-state index contributed by atoms with van der Waals surface area (Å²) in [5, 5.41) is 4.39. The molecule has 3 aromatic rings. The summed E-state index contributed by atoms with van der Waals surface area (Å²) < 4.78 is 13.7. The number of carbonyl (C=O) groups excluding carboxylic acids is 1. The lowest BCUT2D eigenvalue weighted by Gasteiger charge is -2.11. The quantitative estimate of drug-likeness (QED) is 0.479. The van der Waals surface area contributed by atoms with Crippen molar-refractivity contribution in [2.45, 2.75) is 52.7 Å². The average Bonchev–Trinajstić information content (AvgIpc) is 3.13. The van der Waals surface area contributed by atoms with Gasteiger partial charge in [-0.1, -0.05) is 31.5 Å². The summed E-state index contributed by atoms with van der Waals surface area (Å²) in [5.74, 6) is 0.146. The van der Waals surface area contributed by atoms with Gasteiger partial charge >= 0.3 is 0 Å². The molecule has 2 heterocycles. The van der Waals surface area contributed by atoms with Gasteiger partial charge in [0.2, 0.25) is 0 Å². The maximum absolute atomic E-state index is 13.4. The van der Waals surface area contributed by atoms with Gasteiger partial charge in [0.25, 0.3) is 11.5 Å². The highest BCUT2D eigenvalue weighted by Crippen LogP contribution is 2.39. The molecule has 2 aromatic heterocycles. The lowest BCUT2D eigenvalue weighted by molar-refractivity contribution is 0.0757. The number of aromatic nitrogens is 1. The number of hydrogen-bond donors (Lipinski definition) is 1. The summed E-state index contributed by atoms with van der Waals surface area (Å²) in [4.78, 5) is 26.7. The summed E-state index contributed by atoms with van der Waals surface area (Å²) in [6.07, 6.45) is 2.80. The van der Waals surface area contributed by atoms with Crippen LogP contribution in [0.25, 0.3) is 21.0 Å². The van der Waals surface area contributed by atoms with Crippen molar-refractivity contribution in [2.75, 3.05) is 20.3 Å². The minimum atomic E-state index is -0.221. The van der Waals surface area contributed by atoms with Crippen LogP contribution in [0.5, 0.6) is 5.75 Å². The minimum Gasteiger partial charge on any atom is -0.494 e. The van der Waals surface area contributed by atoms with Crippen molar-refractivity contribution < 1.29 is 14.3 Å². The Kier molecular flexibility index (Phi) is 7.50. The number of hydrogen-bond acceptors (Lipinski definition) is 5. The van der Waals surface area contributed by atoms with Gasteiger partial charge in [0.05, 0.1) is 23.4 Å². The number of ether oxygens (including phenoxy) is 2. The summed E-state index contributed by atoms with van der Waals surface area (Å²) in [6.45, 7) is 7.81. The molecule has 6 nitrogen and oxygen atoms in total. The average molecular weight is 431 g/mol. The first-order chi connectivity index (χ1) is 14.5. The first-order valence-corrected chi connectivity index (χ1v) is 11.3. The van der Waals surface area contributed by atoms with Crippen molar-refractivity contribution in [1.82, 2.24) is 9.88 Å². The molecule has 1 amide bonds. The van der Waals surface area contributed by atoms with Gasteiger partial charge in [0.1, 0.15) is 10.3 Å². The number of methoxy groups -OCH3 is 1. The van der Waals surface area contributed by atoms with Crippen LogP contribution in [0.2, 0.25) is 0 Å². The molecule has 0 fully saturated rings. The van der Waals surface area contributed by atoms with Crippen LogP contribution in [0, 0.1) is 0 Å². The van der Waals surface area contributed by atoms with Crippen molar-refractivity contribution in [2.24, 2.45) is 0 Å². The minimum absolute atomic E-state index is 0.102. The molecule has 1 N–H and O–H groups in total. The molecule has 0 radical (unpaired) electrons. The van der Waals surface area contributed by atoms with E-state index in [1.165, 1.54) is 18.4 Å². The van der Waals surface area contributed by atoms with Gasteiger partial charge < -0.3 is 19.4 Å². The molecule has 0 bridgehead atoms. The molecule has 0 aliphatic heterocycles. The van der Waals surface area contributed by atoms with E-state index >= 15 is 0 Å². The van der Waals surface area contributed by atoms with Crippen LogP contribution >= 0.6 is 11.3 Å². The molecular weight excluding hydrogens is 400 g/mol. The van der Waals surface area contributed by atoms with Crippen LogP contribution in [0.15, 0.2) is 29.1 Å². The molecule has 3 rings (SSSR count). The number of nitrogens with zero attached hydrogens (tertiary/aromatic N) is 1. The maximum Gasteiger partial charge on any atom is 0.265 e. The third kappa shape index (κ3) is 4.52. The summed E-state index contributed by atoms with van der Waals surface area (Å²) in [5.41, 5.74) is 0.791. The molecule has 0 aliphatic rings. The second-order valence-electron chi connectivity index (χ2n) is 7.53. The van der Waals surface area contributed by atoms with Crippen LogP contribution in [0.4, 0.5) is 0 Å². The number of carbonyl (C=O) groups is 1. The zero-order valence-electron chi connectivity index (χ0n) is 18.1. The molecule has 162 valence electrons. The van der Waals surface area contributed by atoms with Gasteiger partial charge in [0, 0.05) is 25.1 Å². The maximum atomic E-state index is 13.4. The van der Waals surface area contributed by atoms with E-state index in [0.29, 0.717) is 35.7 Å². The summed E-state index contributed by atoms with van der Waals surface area (Å²) in [6, 6.07) is 7.86. The molecule has 0 aliphatic carbocycles. The van der Waals surface area contributed by atoms with Crippen LogP contribution in [-0.2, 0) is 11.3 Å². The van der Waals surface area contributed by atoms with E-state index in [4.69, 9.17) is 9.47 Å². The molecule has 30 heavy (non-hydrogen) atoms. The Labute approximate surface area is 180 Å². The third-order valence-electron chi connectivity index (χ3n) is 4.97. The van der Waals surface area contributed by atoms with Crippen molar-refractivity contribution in [3.8, 4) is 5.75 Å². The zero-order chi connectivity index (χ0) is 21.7. The Balaban J connectivity index is 2.01. The molecule has 0 spiro atoms. The number of amides is 1. The molecule has 0 atom stereocenters. The Bertz CT molecular complexity index is 1080. The van der Waals surface area contributed by atoms with E-state index in [1.807, 2.05) is 38.1 Å². The second-order valence-corrected chi connectivity index (χ2v) is 8.55. The number of thiophene rings is 1. The lowest BCUT2D eigenvalue weighted by atomic mass is 10.1. The van der Waals surface area contributed by atoms with Crippen LogP contribution < -0.4 is 15.6 Å². The van der Waals surface area contributed by atoms with Crippen LogP contribution in [-0.4, -0.2) is 36.8 Å². The SMILES string of the molecule is CCCCn1c(=O)c2c(OC)c(C(=O)NCCCOC(C)C)sc2c2ccccc21. The molecule has 1 aromatic carbocycles. The summed E-state index contributed by atoms with van der Waals surface area (Å²) in [7, 11) is 1.51. The molecule has 7 heteroatoms. The number of aryl methyl sites for hydroxylation is 1. The van der Waals surface area contributed by atoms with E-state index in [2.05, 4.69) is 12.2 Å². The number of nitrogens with one attached hydrogen (secondary N) is 1. The first kappa shape index (κ1) is 22.3. The predicted octanol–water partition coefficient (Wildman–Crippen LogP) is 4.57. The zero-order valence-corrected chi connectivity index (χ0v) is 18.9. The molecule has 0 saturated heterocycles. The van der Waals surface area contributed by atoms with E-state index in [9.17, 15) is 9.59 Å². The van der Waals surface area contributed by atoms with Gasteiger partial charge in [-0.05, 0) is 32.8 Å². The van der Waals surface area contributed by atoms with Crippen LogP contribution in [0.3, 0.4) is 0 Å². The number of fused-ring (bicyclic) bond motifs is 3. The van der Waals surface area contributed by atoms with Crippen molar-refractivity contribution in [3.05, 3.63) is 39.5 Å². The summed E-state index contributed by atoms with van der Waals surface area (Å²) >= 11 is 1.32. The standard InChI is InChI=1S/C23H30N2O4S/c1-5-6-13-25-17-11-8-7-10-16(17)20-18(23(25)27)19(28-4)21(30-20)22(26)24-12-9-14-29-15(2)3/h7-8,10-11,15H,5-6,9,12-14H2,1-4H3,(H,24,26). The number of para-hydroxylation sites is 1. The van der Waals surface area contributed by atoms with E-state index < -0.39 is 0 Å². The number of benzene rings is 1. The van der Waals surface area contributed by atoms with E-state index in [1.54, 1.807) is 4.57 Å². The normalized spacial score (nSPS) is 11.5. The fraction of sp³-hybridized carbons (Fsp3) is 0.478. The third-order valence-corrected chi connectivity index (χ3v) is 6.17. The second kappa shape index (κ2) is 10.1. The molecule has 0 unspecified atom stereocenters. The van der Waals surface area contributed by atoms with E-state index in [0.717, 1.165) is 34.9 Å². The molecule has 0 saturated carbocycles. The predicted molar refractivity (Wildman–Crippen MR) is 123 cm³/mol.